The van der Waals surface area contributed by atoms with Crippen LogP contribution in [0.3, 0.4) is 0 Å². The Hall–Kier alpha value is -2.12. The second-order valence-electron chi connectivity index (χ2n) is 10.7. The second-order valence-corrected chi connectivity index (χ2v) is 12.7. The van der Waals surface area contributed by atoms with Gasteiger partial charge in [0.25, 0.3) is 0 Å². The summed E-state index contributed by atoms with van der Waals surface area (Å²) in [5.74, 6) is -1.17. The summed E-state index contributed by atoms with van der Waals surface area (Å²) in [5, 5.41) is 26.5. The van der Waals surface area contributed by atoms with Crippen molar-refractivity contribution in [1.29, 1.82) is 0 Å². The smallest absolute Gasteiger partial charge is 0.239 e. The van der Waals surface area contributed by atoms with Gasteiger partial charge in [-0.3, -0.25) is 14.5 Å². The Morgan fingerprint density at radius 1 is 1.25 bits per heavy atom. The molecule has 10 nitrogen and oxygen atoms in total. The monoisotopic (exact) mass is 528 g/mol. The molecule has 0 aromatic heterocycles. The number of nitrogens with zero attached hydrogens (tertiary/aromatic N) is 2. The molecule has 0 unspecified atom stereocenters. The minimum atomic E-state index is -3.48. The lowest BCUT2D eigenvalue weighted by atomic mass is 10.1. The first-order valence-corrected chi connectivity index (χ1v) is 13.9. The highest BCUT2D eigenvalue weighted by Gasteiger charge is 2.38. The Bertz CT molecular complexity index is 1080. The molecule has 1 aliphatic heterocycles. The Labute approximate surface area is 211 Å². The van der Waals surface area contributed by atoms with Crippen molar-refractivity contribution in [2.45, 2.75) is 69.9 Å². The number of carbonyl (C=O) groups excluding carboxylic acids is 2. The Kier molecular flexibility index (Phi) is 8.77. The molecule has 36 heavy (non-hydrogen) atoms. The Morgan fingerprint density at radius 3 is 2.58 bits per heavy atom. The summed E-state index contributed by atoms with van der Waals surface area (Å²) in [6.07, 6.45) is -0.307. The van der Waals surface area contributed by atoms with Crippen LogP contribution in [0, 0.1) is 5.82 Å². The lowest BCUT2D eigenvalue weighted by Crippen LogP contribution is -2.62. The third kappa shape index (κ3) is 7.45. The molecule has 0 spiro atoms. The molecule has 2 amide bonds. The molecule has 12 heteroatoms. The number of amides is 2. The summed E-state index contributed by atoms with van der Waals surface area (Å²) in [5.41, 5.74) is 0.814. The number of halogens is 1. The fourth-order valence-electron chi connectivity index (χ4n) is 4.69. The van der Waals surface area contributed by atoms with E-state index in [4.69, 9.17) is 0 Å². The van der Waals surface area contributed by atoms with Gasteiger partial charge in [0.05, 0.1) is 24.5 Å². The van der Waals surface area contributed by atoms with E-state index in [-0.39, 0.29) is 50.8 Å². The summed E-state index contributed by atoms with van der Waals surface area (Å²) >= 11 is 0. The zero-order valence-electron chi connectivity index (χ0n) is 21.2. The number of nitrogens with one attached hydrogen (secondary N) is 2. The van der Waals surface area contributed by atoms with Gasteiger partial charge in [0.15, 0.2) is 0 Å². The molecule has 1 aromatic rings. The summed E-state index contributed by atoms with van der Waals surface area (Å²) in [4.78, 5) is 27.2. The summed E-state index contributed by atoms with van der Waals surface area (Å²) in [6, 6.07) is 2.73. The van der Waals surface area contributed by atoms with E-state index < -0.39 is 45.7 Å². The van der Waals surface area contributed by atoms with Crippen molar-refractivity contribution in [2.75, 3.05) is 32.4 Å². The normalized spacial score (nSPS) is 24.2. The molecular weight excluding hydrogens is 491 g/mol. The van der Waals surface area contributed by atoms with Crippen LogP contribution in [0.5, 0.6) is 0 Å². The Balaban J connectivity index is 1.57. The Morgan fingerprint density at radius 2 is 1.94 bits per heavy atom. The third-order valence-corrected chi connectivity index (χ3v) is 7.72. The maximum Gasteiger partial charge on any atom is 0.239 e. The molecule has 1 aromatic carbocycles. The highest BCUT2D eigenvalue weighted by Crippen LogP contribution is 2.32. The van der Waals surface area contributed by atoms with Crippen molar-refractivity contribution in [2.24, 2.45) is 0 Å². The van der Waals surface area contributed by atoms with E-state index in [2.05, 4.69) is 10.6 Å². The third-order valence-electron chi connectivity index (χ3n) is 6.45. The molecule has 1 aliphatic carbocycles. The second kappa shape index (κ2) is 11.1. The number of hydrogen-bond acceptors (Lipinski definition) is 7. The van der Waals surface area contributed by atoms with Crippen LogP contribution in [-0.4, -0.2) is 95.9 Å². The predicted molar refractivity (Wildman–Crippen MR) is 132 cm³/mol. The van der Waals surface area contributed by atoms with Gasteiger partial charge in [-0.15, -0.1) is 0 Å². The molecule has 4 N–H and O–H groups in total. The highest BCUT2D eigenvalue weighted by molar-refractivity contribution is 7.88. The van der Waals surface area contributed by atoms with E-state index in [1.807, 2.05) is 20.8 Å². The number of rotatable bonds is 8. The fraction of sp³-hybridized carbons (Fsp3) is 0.667. The van der Waals surface area contributed by atoms with Gasteiger partial charge < -0.3 is 20.8 Å². The first-order valence-electron chi connectivity index (χ1n) is 12.1. The largest absolute Gasteiger partial charge is 0.392 e. The van der Waals surface area contributed by atoms with E-state index in [1.165, 1.54) is 16.4 Å². The molecule has 0 bridgehead atoms. The summed E-state index contributed by atoms with van der Waals surface area (Å²) in [7, 11) is -3.48. The van der Waals surface area contributed by atoms with E-state index in [1.54, 1.807) is 11.0 Å². The van der Waals surface area contributed by atoms with Gasteiger partial charge in [0.2, 0.25) is 21.8 Å². The van der Waals surface area contributed by atoms with Crippen LogP contribution in [0.1, 0.15) is 50.8 Å². The lowest BCUT2D eigenvalue weighted by Gasteiger charge is -2.41. The first-order chi connectivity index (χ1) is 16.6. The van der Waals surface area contributed by atoms with Crippen LogP contribution in [0.2, 0.25) is 0 Å². The van der Waals surface area contributed by atoms with E-state index in [0.29, 0.717) is 12.0 Å². The minimum absolute atomic E-state index is 0.0243. The summed E-state index contributed by atoms with van der Waals surface area (Å²) in [6.45, 7) is 6.00. The average Bonchev–Trinajstić information content (AvgIpc) is 3.05. The van der Waals surface area contributed by atoms with Gasteiger partial charge in [-0.25, -0.2) is 12.8 Å². The van der Waals surface area contributed by atoms with Gasteiger partial charge in [0, 0.05) is 44.6 Å². The molecule has 2 aliphatic rings. The number of piperazine rings is 1. The van der Waals surface area contributed by atoms with Crippen molar-refractivity contribution < 1.29 is 32.6 Å². The maximum absolute atomic E-state index is 13.6. The van der Waals surface area contributed by atoms with Crippen molar-refractivity contribution in [3.63, 3.8) is 0 Å². The van der Waals surface area contributed by atoms with Crippen LogP contribution in [-0.2, 0) is 26.0 Å². The van der Waals surface area contributed by atoms with Gasteiger partial charge >= 0.3 is 0 Å². The molecule has 202 valence electrons. The molecule has 1 fully saturated rings. The molecule has 4 atom stereocenters. The molecule has 1 heterocycles. The van der Waals surface area contributed by atoms with Crippen molar-refractivity contribution >= 4 is 21.8 Å². The predicted octanol–water partition coefficient (Wildman–Crippen LogP) is -0.0984. The van der Waals surface area contributed by atoms with Gasteiger partial charge in [-0.05, 0) is 50.5 Å². The van der Waals surface area contributed by atoms with Crippen LogP contribution < -0.4 is 10.6 Å². The standard InChI is InChI=1S/C24H37FN4O6S/c1-24(2,3)27-23(33)19-14-29(36(4,34)35)10-9-28(19)13-17(30)7-8-21(32)26-22-18-12-16(25)6-5-15(18)11-20(22)31/h5-6,12,17,19-20,22,30-31H,7-11,13-14H2,1-4H3,(H,26,32)(H,27,33)/t17-,19-,20+,22-/m0/s1. The van der Waals surface area contributed by atoms with E-state index >= 15 is 0 Å². The van der Waals surface area contributed by atoms with Crippen LogP contribution in [0.4, 0.5) is 4.39 Å². The topological polar surface area (TPSA) is 139 Å². The van der Waals surface area contributed by atoms with Crippen LogP contribution in [0.15, 0.2) is 18.2 Å². The van der Waals surface area contributed by atoms with E-state index in [9.17, 15) is 32.6 Å². The van der Waals surface area contributed by atoms with Crippen molar-refractivity contribution in [1.82, 2.24) is 19.8 Å². The van der Waals surface area contributed by atoms with Crippen LogP contribution >= 0.6 is 0 Å². The van der Waals surface area contributed by atoms with Gasteiger partial charge in [-0.1, -0.05) is 6.07 Å². The fourth-order valence-corrected chi connectivity index (χ4v) is 5.51. The maximum atomic E-state index is 13.6. The molecule has 3 rings (SSSR count). The summed E-state index contributed by atoms with van der Waals surface area (Å²) < 4.78 is 39.0. The van der Waals surface area contributed by atoms with Crippen molar-refractivity contribution in [3.05, 3.63) is 35.1 Å². The number of hydrogen-bond donors (Lipinski definition) is 4. The molecule has 0 radical (unpaired) electrons. The number of carbonyl (C=O) groups is 2. The number of fused-ring (bicyclic) bond motifs is 1. The number of sulfonamides is 1. The van der Waals surface area contributed by atoms with Crippen molar-refractivity contribution in [3.8, 4) is 0 Å². The number of benzene rings is 1. The number of aliphatic hydroxyl groups is 2. The molecular formula is C24H37FN4O6S. The molecule has 1 saturated heterocycles. The zero-order chi connectivity index (χ0) is 26.8. The van der Waals surface area contributed by atoms with Crippen LogP contribution in [0.25, 0.3) is 0 Å². The highest BCUT2D eigenvalue weighted by atomic mass is 32.2. The number of aliphatic hydroxyl groups excluding tert-OH is 2. The molecule has 0 saturated carbocycles. The van der Waals surface area contributed by atoms with E-state index in [0.717, 1.165) is 11.8 Å². The minimum Gasteiger partial charge on any atom is -0.392 e. The first kappa shape index (κ1) is 28.5. The van der Waals surface area contributed by atoms with Gasteiger partial charge in [-0.2, -0.15) is 4.31 Å². The average molecular weight is 529 g/mol. The number of β-amino-alcohol motifs (C(OH)–C–C–N with tert-alkyl or cyclic N) is 1. The quantitative estimate of drug-likeness (QED) is 0.370. The SMILES string of the molecule is CC(C)(C)NC(=O)[C@@H]1CN(S(C)(=O)=O)CCN1C[C@@H](O)CCC(=O)N[C@H]1c2cc(F)ccc2C[C@H]1O. The van der Waals surface area contributed by atoms with Gasteiger partial charge in [0.1, 0.15) is 11.9 Å². The lowest BCUT2D eigenvalue weighted by molar-refractivity contribution is -0.130. The zero-order valence-corrected chi connectivity index (χ0v) is 22.0.